The van der Waals surface area contributed by atoms with Gasteiger partial charge in [0.15, 0.2) is 0 Å². The highest BCUT2D eigenvalue weighted by Crippen LogP contribution is 2.29. The summed E-state index contributed by atoms with van der Waals surface area (Å²) in [4.78, 5) is 4.74. The van der Waals surface area contributed by atoms with Crippen molar-refractivity contribution in [2.45, 2.75) is 31.8 Å². The van der Waals surface area contributed by atoms with Gasteiger partial charge in [-0.2, -0.15) is 0 Å². The molecule has 1 aliphatic rings. The lowest BCUT2D eigenvalue weighted by Gasteiger charge is -2.25. The fraction of sp³-hybridized carbons (Fsp3) is 0.600. The zero-order valence-electron chi connectivity index (χ0n) is 12.1. The first kappa shape index (κ1) is 14.6. The summed E-state index contributed by atoms with van der Waals surface area (Å²) in [6.07, 6.45) is 2.10. The minimum atomic E-state index is 0.173. The van der Waals surface area contributed by atoms with Crippen LogP contribution in [0, 0.1) is 0 Å². The second-order valence-corrected chi connectivity index (χ2v) is 6.24. The highest BCUT2D eigenvalue weighted by atomic mass is 35.5. The summed E-state index contributed by atoms with van der Waals surface area (Å²) in [5.41, 5.74) is 8.51. The first-order chi connectivity index (χ1) is 8.97. The number of hydrogen-bond donors (Lipinski definition) is 1. The Morgan fingerprint density at radius 1 is 1.47 bits per heavy atom. The third kappa shape index (κ3) is 3.62. The van der Waals surface area contributed by atoms with E-state index in [-0.39, 0.29) is 6.04 Å². The summed E-state index contributed by atoms with van der Waals surface area (Å²) in [6, 6.07) is 6.96. The molecule has 4 heteroatoms. The Labute approximate surface area is 121 Å². The molecule has 2 N–H and O–H groups in total. The fourth-order valence-corrected chi connectivity index (χ4v) is 2.90. The molecule has 0 aromatic heterocycles. The Balaban J connectivity index is 2.21. The van der Waals surface area contributed by atoms with Crippen LogP contribution in [0.3, 0.4) is 0 Å². The molecular weight excluding hydrogens is 258 g/mol. The molecule has 2 rings (SSSR count). The van der Waals surface area contributed by atoms with E-state index in [1.54, 1.807) is 0 Å². The van der Waals surface area contributed by atoms with Crippen LogP contribution in [0.15, 0.2) is 18.2 Å². The van der Waals surface area contributed by atoms with E-state index < -0.39 is 0 Å². The van der Waals surface area contributed by atoms with E-state index in [1.165, 1.54) is 17.7 Å². The molecule has 19 heavy (non-hydrogen) atoms. The number of nitrogens with two attached hydrogens (primary N) is 1. The van der Waals surface area contributed by atoms with Gasteiger partial charge in [-0.25, -0.2) is 0 Å². The van der Waals surface area contributed by atoms with E-state index >= 15 is 0 Å². The highest BCUT2D eigenvalue weighted by molar-refractivity contribution is 6.30. The van der Waals surface area contributed by atoms with Gasteiger partial charge in [-0.05, 0) is 51.6 Å². The minimum absolute atomic E-state index is 0.173. The van der Waals surface area contributed by atoms with Crippen LogP contribution in [0.2, 0.25) is 5.02 Å². The second-order valence-electron chi connectivity index (χ2n) is 5.81. The average Bonchev–Trinajstić information content (AvgIpc) is 2.80. The van der Waals surface area contributed by atoms with Crippen LogP contribution in [-0.2, 0) is 6.42 Å². The summed E-state index contributed by atoms with van der Waals surface area (Å²) >= 11 is 6.16. The Hall–Kier alpha value is -0.770. The van der Waals surface area contributed by atoms with Crippen LogP contribution in [0.4, 0.5) is 5.69 Å². The van der Waals surface area contributed by atoms with Gasteiger partial charge in [0.25, 0.3) is 0 Å². The number of nitrogens with zero attached hydrogens (tertiary/aromatic N) is 2. The molecule has 1 aromatic carbocycles. The van der Waals surface area contributed by atoms with E-state index in [0.29, 0.717) is 6.04 Å². The van der Waals surface area contributed by atoms with Gasteiger partial charge in [-0.3, -0.25) is 0 Å². The first-order valence-corrected chi connectivity index (χ1v) is 7.30. The van der Waals surface area contributed by atoms with E-state index in [9.17, 15) is 0 Å². The molecule has 0 saturated carbocycles. The number of anilines is 1. The maximum absolute atomic E-state index is 6.16. The molecule has 1 aliphatic heterocycles. The molecule has 106 valence electrons. The lowest BCUT2D eigenvalue weighted by Crippen LogP contribution is -2.32. The SMILES string of the molecule is CC(N)Cc1ccc(Cl)cc1N1CCC(N(C)C)C1. The standard InChI is InChI=1S/C15H24ClN3/c1-11(17)8-12-4-5-13(16)9-15(12)19-7-6-14(10-19)18(2)3/h4-5,9,11,14H,6-8,10,17H2,1-3H3. The number of halogens is 1. The van der Waals surface area contributed by atoms with Crippen molar-refractivity contribution >= 4 is 17.3 Å². The fourth-order valence-electron chi connectivity index (χ4n) is 2.73. The Kier molecular flexibility index (Phi) is 4.71. The molecule has 3 nitrogen and oxygen atoms in total. The molecule has 0 radical (unpaired) electrons. The van der Waals surface area contributed by atoms with Crippen LogP contribution in [0.5, 0.6) is 0 Å². The van der Waals surface area contributed by atoms with E-state index in [2.05, 4.69) is 36.0 Å². The van der Waals surface area contributed by atoms with E-state index in [4.69, 9.17) is 17.3 Å². The van der Waals surface area contributed by atoms with Crippen molar-refractivity contribution in [2.24, 2.45) is 5.73 Å². The van der Waals surface area contributed by atoms with Crippen LogP contribution in [0.1, 0.15) is 18.9 Å². The summed E-state index contributed by atoms with van der Waals surface area (Å²) in [6.45, 7) is 4.21. The summed E-state index contributed by atoms with van der Waals surface area (Å²) < 4.78 is 0. The third-order valence-corrected chi connectivity index (χ3v) is 4.06. The van der Waals surface area contributed by atoms with Gasteiger partial charge in [0.05, 0.1) is 0 Å². The average molecular weight is 282 g/mol. The van der Waals surface area contributed by atoms with Gasteiger partial charge in [0.1, 0.15) is 0 Å². The lowest BCUT2D eigenvalue weighted by molar-refractivity contribution is 0.315. The number of benzene rings is 1. The second kappa shape index (κ2) is 6.12. The quantitative estimate of drug-likeness (QED) is 0.920. The molecule has 2 atom stereocenters. The Morgan fingerprint density at radius 3 is 2.79 bits per heavy atom. The zero-order chi connectivity index (χ0) is 14.0. The van der Waals surface area contributed by atoms with Crippen LogP contribution >= 0.6 is 11.6 Å². The van der Waals surface area contributed by atoms with Crippen molar-refractivity contribution in [1.29, 1.82) is 0 Å². The summed E-state index contributed by atoms with van der Waals surface area (Å²) in [5, 5.41) is 0.803. The zero-order valence-corrected chi connectivity index (χ0v) is 12.8. The number of hydrogen-bond acceptors (Lipinski definition) is 3. The molecule has 0 bridgehead atoms. The minimum Gasteiger partial charge on any atom is -0.370 e. The third-order valence-electron chi connectivity index (χ3n) is 3.82. The number of likely N-dealkylation sites (N-methyl/N-ethyl adjacent to an activating group) is 1. The van der Waals surface area contributed by atoms with E-state index in [0.717, 1.165) is 24.5 Å². The monoisotopic (exact) mass is 281 g/mol. The van der Waals surface area contributed by atoms with Crippen molar-refractivity contribution in [2.75, 3.05) is 32.1 Å². The van der Waals surface area contributed by atoms with Crippen molar-refractivity contribution in [3.05, 3.63) is 28.8 Å². The molecule has 1 aromatic rings. The largest absolute Gasteiger partial charge is 0.370 e. The molecule has 1 saturated heterocycles. The van der Waals surface area contributed by atoms with Crippen molar-refractivity contribution < 1.29 is 0 Å². The van der Waals surface area contributed by atoms with Crippen molar-refractivity contribution in [1.82, 2.24) is 4.90 Å². The predicted octanol–water partition coefficient (Wildman–Crippen LogP) is 2.37. The lowest BCUT2D eigenvalue weighted by atomic mass is 10.0. The molecule has 1 fully saturated rings. The van der Waals surface area contributed by atoms with Crippen LogP contribution in [0.25, 0.3) is 0 Å². The van der Waals surface area contributed by atoms with Crippen molar-refractivity contribution in [3.63, 3.8) is 0 Å². The maximum atomic E-state index is 6.16. The Bertz CT molecular complexity index is 431. The smallest absolute Gasteiger partial charge is 0.0426 e. The van der Waals surface area contributed by atoms with Gasteiger partial charge in [-0.15, -0.1) is 0 Å². The summed E-state index contributed by atoms with van der Waals surface area (Å²) in [5.74, 6) is 0. The normalized spacial score (nSPS) is 21.2. The first-order valence-electron chi connectivity index (χ1n) is 6.92. The van der Waals surface area contributed by atoms with Gasteiger partial charge >= 0.3 is 0 Å². The van der Waals surface area contributed by atoms with Crippen LogP contribution < -0.4 is 10.6 Å². The molecular formula is C15H24ClN3. The molecule has 2 unspecified atom stereocenters. The molecule has 0 amide bonds. The van der Waals surface area contributed by atoms with Gasteiger partial charge in [0, 0.05) is 35.9 Å². The Morgan fingerprint density at radius 2 is 2.21 bits per heavy atom. The van der Waals surface area contributed by atoms with E-state index in [1.807, 2.05) is 13.0 Å². The van der Waals surface area contributed by atoms with Crippen LogP contribution in [-0.4, -0.2) is 44.2 Å². The van der Waals surface area contributed by atoms with Gasteiger partial charge in [-0.1, -0.05) is 17.7 Å². The molecule has 0 aliphatic carbocycles. The number of rotatable bonds is 4. The highest BCUT2D eigenvalue weighted by Gasteiger charge is 2.25. The van der Waals surface area contributed by atoms with Crippen molar-refractivity contribution in [3.8, 4) is 0 Å². The van der Waals surface area contributed by atoms with Gasteiger partial charge in [0.2, 0.25) is 0 Å². The predicted molar refractivity (Wildman–Crippen MR) is 83.1 cm³/mol. The molecule has 0 spiro atoms. The van der Waals surface area contributed by atoms with Gasteiger partial charge < -0.3 is 15.5 Å². The summed E-state index contributed by atoms with van der Waals surface area (Å²) in [7, 11) is 4.30. The molecule has 1 heterocycles. The maximum Gasteiger partial charge on any atom is 0.0426 e. The topological polar surface area (TPSA) is 32.5 Å².